The van der Waals surface area contributed by atoms with Gasteiger partial charge in [0.15, 0.2) is 5.84 Å². The zero-order valence-electron chi connectivity index (χ0n) is 23.6. The number of aliphatic imine (C=N–C) groups is 2. The predicted molar refractivity (Wildman–Crippen MR) is 178 cm³/mol. The molecule has 8 aromatic rings. The summed E-state index contributed by atoms with van der Waals surface area (Å²) in [5.41, 5.74) is 8.66. The van der Waals surface area contributed by atoms with Crippen molar-refractivity contribution >= 4 is 55.5 Å². The van der Waals surface area contributed by atoms with E-state index in [-0.39, 0.29) is 6.17 Å². The number of nitrogens with zero attached hydrogens (tertiary/aromatic N) is 2. The van der Waals surface area contributed by atoms with Crippen LogP contribution in [0.5, 0.6) is 0 Å². The Morgan fingerprint density at radius 1 is 0.455 bits per heavy atom. The minimum atomic E-state index is -0.252. The lowest BCUT2D eigenvalue weighted by Gasteiger charge is -2.23. The molecule has 1 N–H and O–H groups in total. The van der Waals surface area contributed by atoms with Crippen molar-refractivity contribution in [3.63, 3.8) is 0 Å². The van der Waals surface area contributed by atoms with Gasteiger partial charge in [-0.25, -0.2) is 9.98 Å². The fourth-order valence-corrected chi connectivity index (χ4v) is 6.13. The van der Waals surface area contributed by atoms with Gasteiger partial charge in [-0.3, -0.25) is 0 Å². The fourth-order valence-electron chi connectivity index (χ4n) is 6.13. The number of amidine groups is 2. The van der Waals surface area contributed by atoms with Crippen molar-refractivity contribution in [2.75, 3.05) is 0 Å². The van der Waals surface area contributed by atoms with Gasteiger partial charge in [0.05, 0.1) is 0 Å². The molecule has 1 aliphatic heterocycles. The topological polar surface area (TPSA) is 63.0 Å². The number of rotatable bonds is 4. The molecule has 0 radical (unpaired) electrons. The Balaban J connectivity index is 1.11. The Morgan fingerprint density at radius 3 is 1.86 bits per heavy atom. The van der Waals surface area contributed by atoms with Gasteiger partial charge in [0.2, 0.25) is 0 Å². The molecule has 0 aliphatic carbocycles. The summed E-state index contributed by atoms with van der Waals surface area (Å²) in [5.74, 6) is 1.46. The van der Waals surface area contributed by atoms with E-state index in [2.05, 4.69) is 72.0 Å². The largest absolute Gasteiger partial charge is 0.456 e. The average molecular weight is 568 g/mol. The molecular weight excluding hydrogens is 542 g/mol. The molecular formula is C39H25N3O2. The molecule has 0 spiro atoms. The third-order valence-corrected chi connectivity index (χ3v) is 8.35. The number of furan rings is 2. The Bertz CT molecular complexity index is 2420. The van der Waals surface area contributed by atoms with Crippen LogP contribution in [0, 0.1) is 0 Å². The number of hydrogen-bond acceptors (Lipinski definition) is 5. The number of hydrogen-bond donors (Lipinski definition) is 1. The van der Waals surface area contributed by atoms with Crippen LogP contribution in [-0.4, -0.2) is 11.7 Å². The van der Waals surface area contributed by atoms with Crippen molar-refractivity contribution in [3.05, 3.63) is 156 Å². The molecule has 9 rings (SSSR count). The molecule has 0 saturated heterocycles. The van der Waals surface area contributed by atoms with Gasteiger partial charge < -0.3 is 14.2 Å². The van der Waals surface area contributed by atoms with E-state index < -0.39 is 0 Å². The zero-order chi connectivity index (χ0) is 29.0. The van der Waals surface area contributed by atoms with Crippen molar-refractivity contribution in [1.82, 2.24) is 5.32 Å². The third-order valence-electron chi connectivity index (χ3n) is 8.35. The lowest BCUT2D eigenvalue weighted by atomic mass is 10.0. The highest BCUT2D eigenvalue weighted by Gasteiger charge is 2.22. The molecule has 1 aliphatic rings. The van der Waals surface area contributed by atoms with Gasteiger partial charge in [0.1, 0.15) is 34.3 Å². The molecule has 5 nitrogen and oxygen atoms in total. The maximum atomic E-state index is 6.48. The first-order valence-corrected chi connectivity index (χ1v) is 14.7. The Kier molecular flexibility index (Phi) is 5.50. The molecule has 2 aromatic heterocycles. The van der Waals surface area contributed by atoms with Crippen LogP contribution < -0.4 is 5.32 Å². The minimum absolute atomic E-state index is 0.252. The minimum Gasteiger partial charge on any atom is -0.456 e. The summed E-state index contributed by atoms with van der Waals surface area (Å²) < 4.78 is 12.5. The number of para-hydroxylation sites is 1. The number of benzene rings is 6. The highest BCUT2D eigenvalue weighted by molar-refractivity contribution is 6.15. The first-order chi connectivity index (χ1) is 21.8. The molecule has 0 amide bonds. The van der Waals surface area contributed by atoms with Crippen LogP contribution in [0.3, 0.4) is 0 Å². The van der Waals surface area contributed by atoms with Crippen LogP contribution in [0.4, 0.5) is 0 Å². The Labute approximate surface area is 252 Å². The van der Waals surface area contributed by atoms with Crippen molar-refractivity contribution in [2.45, 2.75) is 6.17 Å². The summed E-state index contributed by atoms with van der Waals surface area (Å²) in [6, 6.07) is 47.6. The van der Waals surface area contributed by atoms with Crippen LogP contribution in [0.15, 0.2) is 158 Å². The maximum absolute atomic E-state index is 6.48. The maximum Gasteiger partial charge on any atom is 0.159 e. The monoisotopic (exact) mass is 567 g/mol. The first-order valence-electron chi connectivity index (χ1n) is 14.7. The van der Waals surface area contributed by atoms with E-state index in [0.717, 1.165) is 77.5 Å². The van der Waals surface area contributed by atoms with Gasteiger partial charge in [-0.15, -0.1) is 0 Å². The summed E-state index contributed by atoms with van der Waals surface area (Å²) in [6.07, 6.45) is -0.252. The Morgan fingerprint density at radius 2 is 1.05 bits per heavy atom. The van der Waals surface area contributed by atoms with Crippen LogP contribution in [0.25, 0.3) is 55.0 Å². The van der Waals surface area contributed by atoms with Crippen molar-refractivity contribution in [3.8, 4) is 11.1 Å². The van der Waals surface area contributed by atoms with Crippen LogP contribution in [0.2, 0.25) is 0 Å². The SMILES string of the molecule is c1ccc(C2=NC(c3ccccc3)NC(c3ccc4c(c3)oc3cc(-c5ccc6oc7ccccc7c6c5)ccc34)=N2)cc1. The van der Waals surface area contributed by atoms with E-state index in [1.54, 1.807) is 0 Å². The second-order valence-electron chi connectivity index (χ2n) is 11.1. The van der Waals surface area contributed by atoms with Crippen LogP contribution in [0.1, 0.15) is 22.9 Å². The highest BCUT2D eigenvalue weighted by Crippen LogP contribution is 2.36. The molecule has 44 heavy (non-hydrogen) atoms. The van der Waals surface area contributed by atoms with Crippen LogP contribution in [-0.2, 0) is 0 Å². The van der Waals surface area contributed by atoms with Gasteiger partial charge in [0.25, 0.3) is 0 Å². The predicted octanol–water partition coefficient (Wildman–Crippen LogP) is 9.65. The summed E-state index contributed by atoms with van der Waals surface area (Å²) in [7, 11) is 0. The first kappa shape index (κ1) is 24.6. The second-order valence-corrected chi connectivity index (χ2v) is 11.1. The molecule has 0 saturated carbocycles. The lowest BCUT2D eigenvalue weighted by molar-refractivity contribution is 0.666. The van der Waals surface area contributed by atoms with E-state index in [1.165, 1.54) is 0 Å². The van der Waals surface area contributed by atoms with E-state index >= 15 is 0 Å². The standard InChI is InChI=1S/C39H25N3O2/c1-3-9-24(10-4-1)37-40-38(25-11-5-2-6-12-25)42-39(41-37)28-16-19-31-30-18-15-27(22-35(30)44-36(31)23-28)26-17-20-34-32(21-26)29-13-7-8-14-33(29)43-34/h1-23,37H,(H,40,41,42). The smallest absolute Gasteiger partial charge is 0.159 e. The van der Waals surface area contributed by atoms with Crippen molar-refractivity contribution in [1.29, 1.82) is 0 Å². The summed E-state index contributed by atoms with van der Waals surface area (Å²) in [4.78, 5) is 9.92. The normalized spacial score (nSPS) is 15.0. The Hall–Kier alpha value is -5.94. The average Bonchev–Trinajstić information content (AvgIpc) is 3.66. The summed E-state index contributed by atoms with van der Waals surface area (Å²) in [5, 5.41) is 7.94. The van der Waals surface area contributed by atoms with E-state index in [1.807, 2.05) is 72.8 Å². The zero-order valence-corrected chi connectivity index (χ0v) is 23.6. The molecule has 1 atom stereocenters. The lowest BCUT2D eigenvalue weighted by Crippen LogP contribution is -2.33. The van der Waals surface area contributed by atoms with Gasteiger partial charge in [0, 0.05) is 32.7 Å². The molecule has 0 fully saturated rings. The molecule has 6 aromatic carbocycles. The quantitative estimate of drug-likeness (QED) is 0.230. The molecule has 1 unspecified atom stereocenters. The summed E-state index contributed by atoms with van der Waals surface area (Å²) in [6.45, 7) is 0. The van der Waals surface area contributed by atoms with E-state index in [4.69, 9.17) is 18.8 Å². The van der Waals surface area contributed by atoms with E-state index in [9.17, 15) is 0 Å². The molecule has 208 valence electrons. The van der Waals surface area contributed by atoms with Crippen molar-refractivity contribution < 1.29 is 8.83 Å². The highest BCUT2D eigenvalue weighted by atomic mass is 16.3. The summed E-state index contributed by atoms with van der Waals surface area (Å²) >= 11 is 0. The number of nitrogens with one attached hydrogen (secondary N) is 1. The molecule has 0 bridgehead atoms. The van der Waals surface area contributed by atoms with Gasteiger partial charge in [-0.2, -0.15) is 0 Å². The fraction of sp³-hybridized carbons (Fsp3) is 0.0256. The number of fused-ring (bicyclic) bond motifs is 6. The third kappa shape index (κ3) is 4.09. The van der Waals surface area contributed by atoms with E-state index in [0.29, 0.717) is 5.84 Å². The van der Waals surface area contributed by atoms with Gasteiger partial charge >= 0.3 is 0 Å². The molecule has 5 heteroatoms. The van der Waals surface area contributed by atoms with Gasteiger partial charge in [-0.1, -0.05) is 97.1 Å². The van der Waals surface area contributed by atoms with Gasteiger partial charge in [-0.05, 0) is 59.2 Å². The molecule has 3 heterocycles. The van der Waals surface area contributed by atoms with Crippen molar-refractivity contribution in [2.24, 2.45) is 9.98 Å². The van der Waals surface area contributed by atoms with Crippen LogP contribution >= 0.6 is 0 Å². The second kappa shape index (κ2) is 9.82.